The van der Waals surface area contributed by atoms with Crippen LogP contribution >= 0.6 is 0 Å². The van der Waals surface area contributed by atoms with Crippen LogP contribution in [0.4, 0.5) is 0 Å². The van der Waals surface area contributed by atoms with Gasteiger partial charge in [0.1, 0.15) is 5.75 Å². The summed E-state index contributed by atoms with van der Waals surface area (Å²) in [6.45, 7) is 3.49. The summed E-state index contributed by atoms with van der Waals surface area (Å²) in [5.41, 5.74) is 0.447. The van der Waals surface area contributed by atoms with Gasteiger partial charge in [-0.3, -0.25) is 4.79 Å². The molecule has 86 valence electrons. The first-order chi connectivity index (χ1) is 7.47. The Balaban J connectivity index is 3.10. The molecule has 1 aromatic carbocycles. The molecule has 0 heterocycles. The fraction of sp³-hybridized carbons (Fsp3) is 0.333. The van der Waals surface area contributed by atoms with E-state index in [-0.39, 0.29) is 28.6 Å². The Labute approximate surface area is 93.9 Å². The molecule has 0 aliphatic rings. The number of esters is 1. The maximum atomic E-state index is 11.6. The SMILES string of the molecule is COC(=O)c1ccc(C(=O)C(C)C)c(O)c1. The summed E-state index contributed by atoms with van der Waals surface area (Å²) in [5.74, 6) is -1.09. The lowest BCUT2D eigenvalue weighted by atomic mass is 9.99. The molecule has 0 spiro atoms. The molecule has 16 heavy (non-hydrogen) atoms. The van der Waals surface area contributed by atoms with E-state index in [4.69, 9.17) is 0 Å². The molecular formula is C12H14O4. The van der Waals surface area contributed by atoms with Crippen LogP contribution in [0.5, 0.6) is 5.75 Å². The zero-order valence-corrected chi connectivity index (χ0v) is 9.48. The zero-order chi connectivity index (χ0) is 12.3. The quantitative estimate of drug-likeness (QED) is 0.627. The first kappa shape index (κ1) is 12.2. The summed E-state index contributed by atoms with van der Waals surface area (Å²) in [6.07, 6.45) is 0. The number of ketones is 1. The second kappa shape index (κ2) is 4.79. The third-order valence-electron chi connectivity index (χ3n) is 2.21. The fourth-order valence-corrected chi connectivity index (χ4v) is 1.30. The van der Waals surface area contributed by atoms with Crippen molar-refractivity contribution in [2.45, 2.75) is 13.8 Å². The van der Waals surface area contributed by atoms with E-state index in [0.29, 0.717) is 0 Å². The van der Waals surface area contributed by atoms with E-state index in [1.54, 1.807) is 13.8 Å². The van der Waals surface area contributed by atoms with Gasteiger partial charge in [-0.15, -0.1) is 0 Å². The summed E-state index contributed by atoms with van der Waals surface area (Å²) in [7, 11) is 1.26. The van der Waals surface area contributed by atoms with Gasteiger partial charge in [0, 0.05) is 5.92 Å². The fourth-order valence-electron chi connectivity index (χ4n) is 1.30. The Kier molecular flexibility index (Phi) is 3.66. The molecule has 0 atom stereocenters. The van der Waals surface area contributed by atoms with Crippen molar-refractivity contribution in [2.75, 3.05) is 7.11 Å². The predicted octanol–water partition coefficient (Wildman–Crippen LogP) is 2.02. The minimum Gasteiger partial charge on any atom is -0.507 e. The Bertz CT molecular complexity index is 421. The van der Waals surface area contributed by atoms with Crippen molar-refractivity contribution in [3.63, 3.8) is 0 Å². The first-order valence-corrected chi connectivity index (χ1v) is 4.93. The van der Waals surface area contributed by atoms with Crippen LogP contribution in [0.25, 0.3) is 0 Å². The average Bonchev–Trinajstić information content (AvgIpc) is 2.26. The summed E-state index contributed by atoms with van der Waals surface area (Å²) in [6, 6.07) is 4.13. The van der Waals surface area contributed by atoms with Gasteiger partial charge in [-0.1, -0.05) is 13.8 Å². The molecule has 1 N–H and O–H groups in total. The molecule has 1 aromatic rings. The van der Waals surface area contributed by atoms with Crippen molar-refractivity contribution in [1.29, 1.82) is 0 Å². The molecule has 0 radical (unpaired) electrons. The Hall–Kier alpha value is -1.84. The molecule has 0 bridgehead atoms. The van der Waals surface area contributed by atoms with Gasteiger partial charge in [0.2, 0.25) is 0 Å². The van der Waals surface area contributed by atoms with Crippen LogP contribution in [0.2, 0.25) is 0 Å². The highest BCUT2D eigenvalue weighted by Crippen LogP contribution is 2.22. The lowest BCUT2D eigenvalue weighted by Crippen LogP contribution is -2.09. The molecule has 0 amide bonds. The molecule has 4 nitrogen and oxygen atoms in total. The number of aromatic hydroxyl groups is 1. The lowest BCUT2D eigenvalue weighted by molar-refractivity contribution is 0.0600. The lowest BCUT2D eigenvalue weighted by Gasteiger charge is -2.07. The van der Waals surface area contributed by atoms with E-state index >= 15 is 0 Å². The molecule has 0 unspecified atom stereocenters. The van der Waals surface area contributed by atoms with E-state index < -0.39 is 5.97 Å². The van der Waals surface area contributed by atoms with E-state index in [2.05, 4.69) is 4.74 Å². The van der Waals surface area contributed by atoms with Gasteiger partial charge in [0.25, 0.3) is 0 Å². The van der Waals surface area contributed by atoms with Crippen LogP contribution in [0.3, 0.4) is 0 Å². The summed E-state index contributed by atoms with van der Waals surface area (Å²) in [5, 5.41) is 9.63. The van der Waals surface area contributed by atoms with Gasteiger partial charge in [0.05, 0.1) is 18.2 Å². The number of hydrogen-bond acceptors (Lipinski definition) is 4. The third-order valence-corrected chi connectivity index (χ3v) is 2.21. The van der Waals surface area contributed by atoms with Gasteiger partial charge in [0.15, 0.2) is 5.78 Å². The molecule has 0 aliphatic carbocycles. The summed E-state index contributed by atoms with van der Waals surface area (Å²) < 4.78 is 4.50. The molecule has 0 saturated heterocycles. The minimum absolute atomic E-state index is 0.158. The van der Waals surface area contributed by atoms with Crippen molar-refractivity contribution in [3.05, 3.63) is 29.3 Å². The number of Topliss-reactive ketones (excluding diaryl/α,β-unsaturated/α-hetero) is 1. The number of phenolic OH excluding ortho intramolecular Hbond substituents is 1. The smallest absolute Gasteiger partial charge is 0.337 e. The second-order valence-corrected chi connectivity index (χ2v) is 3.74. The highest BCUT2D eigenvalue weighted by atomic mass is 16.5. The minimum atomic E-state index is -0.543. The largest absolute Gasteiger partial charge is 0.507 e. The number of ether oxygens (including phenoxy) is 1. The molecule has 0 aromatic heterocycles. The van der Waals surface area contributed by atoms with Gasteiger partial charge >= 0.3 is 5.97 Å². The van der Waals surface area contributed by atoms with Gasteiger partial charge in [-0.25, -0.2) is 4.79 Å². The van der Waals surface area contributed by atoms with E-state index in [1.807, 2.05) is 0 Å². The van der Waals surface area contributed by atoms with Crippen LogP contribution in [0, 0.1) is 5.92 Å². The van der Waals surface area contributed by atoms with Crippen molar-refractivity contribution in [1.82, 2.24) is 0 Å². The van der Waals surface area contributed by atoms with Crippen molar-refractivity contribution in [3.8, 4) is 5.75 Å². The highest BCUT2D eigenvalue weighted by Gasteiger charge is 2.16. The van der Waals surface area contributed by atoms with Gasteiger partial charge in [-0.2, -0.15) is 0 Å². The number of methoxy groups -OCH3 is 1. The Morgan fingerprint density at radius 1 is 1.31 bits per heavy atom. The van der Waals surface area contributed by atoms with Gasteiger partial charge < -0.3 is 9.84 Å². The molecular weight excluding hydrogens is 208 g/mol. The number of rotatable bonds is 3. The number of phenols is 1. The number of benzene rings is 1. The summed E-state index contributed by atoms with van der Waals surface area (Å²) in [4.78, 5) is 22.8. The van der Waals surface area contributed by atoms with Crippen molar-refractivity contribution >= 4 is 11.8 Å². The molecule has 0 aliphatic heterocycles. The molecule has 4 heteroatoms. The highest BCUT2D eigenvalue weighted by molar-refractivity contribution is 6.01. The topological polar surface area (TPSA) is 63.6 Å². The number of carbonyl (C=O) groups is 2. The van der Waals surface area contributed by atoms with E-state index in [1.165, 1.54) is 25.3 Å². The normalized spacial score (nSPS) is 10.2. The number of carbonyl (C=O) groups excluding carboxylic acids is 2. The van der Waals surface area contributed by atoms with Crippen LogP contribution in [0.1, 0.15) is 34.6 Å². The number of hydrogen-bond donors (Lipinski definition) is 1. The maximum Gasteiger partial charge on any atom is 0.337 e. The Morgan fingerprint density at radius 3 is 2.38 bits per heavy atom. The standard InChI is InChI=1S/C12H14O4/c1-7(2)11(14)9-5-4-8(6-10(9)13)12(15)16-3/h4-7,13H,1-3H3. The zero-order valence-electron chi connectivity index (χ0n) is 9.48. The van der Waals surface area contributed by atoms with E-state index in [9.17, 15) is 14.7 Å². The van der Waals surface area contributed by atoms with Crippen LogP contribution in [-0.4, -0.2) is 24.0 Å². The predicted molar refractivity (Wildman–Crippen MR) is 58.6 cm³/mol. The van der Waals surface area contributed by atoms with Crippen LogP contribution in [0.15, 0.2) is 18.2 Å². The monoisotopic (exact) mass is 222 g/mol. The first-order valence-electron chi connectivity index (χ1n) is 4.93. The molecule has 1 rings (SSSR count). The average molecular weight is 222 g/mol. The van der Waals surface area contributed by atoms with Gasteiger partial charge in [-0.05, 0) is 18.2 Å². The maximum absolute atomic E-state index is 11.6. The second-order valence-electron chi connectivity index (χ2n) is 3.74. The van der Waals surface area contributed by atoms with Crippen LogP contribution < -0.4 is 0 Å². The van der Waals surface area contributed by atoms with Crippen LogP contribution in [-0.2, 0) is 4.74 Å². The summed E-state index contributed by atoms with van der Waals surface area (Å²) >= 11 is 0. The van der Waals surface area contributed by atoms with Crippen molar-refractivity contribution < 1.29 is 19.4 Å². The third kappa shape index (κ3) is 2.39. The molecule has 0 saturated carbocycles. The Morgan fingerprint density at radius 2 is 1.94 bits per heavy atom. The van der Waals surface area contributed by atoms with E-state index in [0.717, 1.165) is 0 Å². The molecule has 0 fully saturated rings. The van der Waals surface area contributed by atoms with Crippen molar-refractivity contribution in [2.24, 2.45) is 5.92 Å².